The largest absolute Gasteiger partial charge is 0.327 e. The molecule has 1 N–H and O–H groups in total. The minimum Gasteiger partial charge on any atom is -0.327 e. The second-order valence-corrected chi connectivity index (χ2v) is 2.54. The summed E-state index contributed by atoms with van der Waals surface area (Å²) in [5.74, 6) is 0. The Morgan fingerprint density at radius 3 is 2.29 bits per heavy atom. The van der Waals surface area contributed by atoms with Gasteiger partial charge in [0.2, 0.25) is 0 Å². The average molecular weight is 133 g/mol. The van der Waals surface area contributed by atoms with Crippen LogP contribution >= 0.6 is 21.8 Å². The van der Waals surface area contributed by atoms with E-state index in [0.717, 1.165) is 0 Å². The van der Waals surface area contributed by atoms with Crippen molar-refractivity contribution in [3.63, 3.8) is 0 Å². The molecular weight excluding hydrogens is 126 g/mol. The van der Waals surface area contributed by atoms with Crippen molar-refractivity contribution < 1.29 is 0 Å². The maximum atomic E-state index is 3.00. The molecule has 0 spiro atoms. The van der Waals surface area contributed by atoms with Crippen LogP contribution in [0, 0.1) is 0 Å². The van der Waals surface area contributed by atoms with Crippen molar-refractivity contribution in [2.24, 2.45) is 0 Å². The lowest BCUT2D eigenvalue weighted by Gasteiger charge is -1.75. The smallest absolute Gasteiger partial charge is 0.0229 e. The molecule has 0 aliphatic carbocycles. The summed E-state index contributed by atoms with van der Waals surface area (Å²) in [4.78, 5) is 0. The van der Waals surface area contributed by atoms with Crippen LogP contribution in [0.5, 0.6) is 0 Å². The Balaban J connectivity index is 0.000000162. The Hall–Kier alpha value is -0.0200. The standard InChI is InChI=1S/C2H3NS2.C2H4/c1-2-4-5-3-1;1-2/h1-3H;1-2H2. The molecule has 0 saturated heterocycles. The van der Waals surface area contributed by atoms with Crippen molar-refractivity contribution in [3.8, 4) is 0 Å². The van der Waals surface area contributed by atoms with Gasteiger partial charge in [-0.25, -0.2) is 0 Å². The zero-order valence-electron chi connectivity index (χ0n) is 3.89. The van der Waals surface area contributed by atoms with Crippen LogP contribution < -0.4 is 4.72 Å². The third-order valence-electron chi connectivity index (χ3n) is 0.288. The molecule has 0 bridgehead atoms. The van der Waals surface area contributed by atoms with Crippen molar-refractivity contribution in [1.29, 1.82) is 0 Å². The summed E-state index contributed by atoms with van der Waals surface area (Å²) in [6.07, 6.45) is 1.91. The van der Waals surface area contributed by atoms with Gasteiger partial charge in [-0.1, -0.05) is 0 Å². The SMILES string of the molecule is C1=CSSN1.C=C. The molecule has 3 heteroatoms. The quantitative estimate of drug-likeness (QED) is 0.309. The lowest BCUT2D eigenvalue weighted by molar-refractivity contribution is 1.46. The van der Waals surface area contributed by atoms with Crippen LogP contribution in [-0.4, -0.2) is 0 Å². The topological polar surface area (TPSA) is 12.0 Å². The molecule has 0 amide bonds. The van der Waals surface area contributed by atoms with Gasteiger partial charge in [-0.3, -0.25) is 0 Å². The number of rotatable bonds is 0. The summed E-state index contributed by atoms with van der Waals surface area (Å²) in [6, 6.07) is 0. The molecule has 0 unspecified atom stereocenters. The molecule has 0 aromatic carbocycles. The summed E-state index contributed by atoms with van der Waals surface area (Å²) >= 11 is 0. The Kier molecular flexibility index (Phi) is 5.96. The third-order valence-corrected chi connectivity index (χ3v) is 1.77. The zero-order valence-corrected chi connectivity index (χ0v) is 5.52. The molecule has 0 saturated carbocycles. The second kappa shape index (κ2) is 5.98. The van der Waals surface area contributed by atoms with Gasteiger partial charge in [-0.15, -0.1) is 13.2 Å². The summed E-state index contributed by atoms with van der Waals surface area (Å²) < 4.78 is 2.92. The summed E-state index contributed by atoms with van der Waals surface area (Å²) in [5, 5.41) is 2.00. The molecule has 1 aliphatic rings. The van der Waals surface area contributed by atoms with Crippen molar-refractivity contribution in [2.75, 3.05) is 0 Å². The second-order valence-electron chi connectivity index (χ2n) is 0.600. The van der Waals surface area contributed by atoms with E-state index in [1.54, 1.807) is 21.8 Å². The Morgan fingerprint density at radius 2 is 2.14 bits per heavy atom. The van der Waals surface area contributed by atoms with Crippen LogP contribution in [0.15, 0.2) is 24.8 Å². The van der Waals surface area contributed by atoms with Gasteiger partial charge < -0.3 is 4.72 Å². The van der Waals surface area contributed by atoms with Gasteiger partial charge in [0.25, 0.3) is 0 Å². The van der Waals surface area contributed by atoms with Crippen LogP contribution in [0.2, 0.25) is 0 Å². The monoisotopic (exact) mass is 133 g/mol. The highest BCUT2D eigenvalue weighted by molar-refractivity contribution is 8.77. The van der Waals surface area contributed by atoms with E-state index in [9.17, 15) is 0 Å². The van der Waals surface area contributed by atoms with Crippen LogP contribution in [0.1, 0.15) is 0 Å². The van der Waals surface area contributed by atoms with Crippen LogP contribution in [0.4, 0.5) is 0 Å². The van der Waals surface area contributed by atoms with E-state index in [-0.39, 0.29) is 0 Å². The van der Waals surface area contributed by atoms with Crippen LogP contribution in [0.25, 0.3) is 0 Å². The highest BCUT2D eigenvalue weighted by Gasteiger charge is 1.83. The molecule has 1 aliphatic heterocycles. The third kappa shape index (κ3) is 3.82. The average Bonchev–Trinajstić information content (AvgIpc) is 2.23. The fourth-order valence-electron chi connectivity index (χ4n) is 0.139. The van der Waals surface area contributed by atoms with Gasteiger partial charge in [0.05, 0.1) is 0 Å². The first-order valence-corrected chi connectivity index (χ1v) is 3.94. The first-order valence-electron chi connectivity index (χ1n) is 1.73. The van der Waals surface area contributed by atoms with E-state index in [0.29, 0.717) is 0 Å². The van der Waals surface area contributed by atoms with Gasteiger partial charge >= 0.3 is 0 Å². The van der Waals surface area contributed by atoms with E-state index < -0.39 is 0 Å². The normalized spacial score (nSPS) is 14.3. The highest BCUT2D eigenvalue weighted by atomic mass is 33.1. The van der Waals surface area contributed by atoms with Crippen molar-refractivity contribution in [2.45, 2.75) is 0 Å². The predicted molar refractivity (Wildman–Crippen MR) is 38.7 cm³/mol. The van der Waals surface area contributed by atoms with Gasteiger partial charge in [-0.05, 0) is 10.8 Å². The summed E-state index contributed by atoms with van der Waals surface area (Å²) in [5.41, 5.74) is 0. The van der Waals surface area contributed by atoms with Gasteiger partial charge in [0, 0.05) is 22.6 Å². The first-order chi connectivity index (χ1) is 3.50. The summed E-state index contributed by atoms with van der Waals surface area (Å²) in [6.45, 7) is 6.00. The molecule has 0 atom stereocenters. The van der Waals surface area contributed by atoms with E-state index >= 15 is 0 Å². The molecular formula is C4H7NS2. The van der Waals surface area contributed by atoms with E-state index in [1.165, 1.54) is 0 Å². The fourth-order valence-corrected chi connectivity index (χ4v) is 1.25. The van der Waals surface area contributed by atoms with Gasteiger partial charge in [-0.2, -0.15) is 0 Å². The number of nitrogens with one attached hydrogen (secondary N) is 1. The van der Waals surface area contributed by atoms with Gasteiger partial charge in [0.15, 0.2) is 0 Å². The lowest BCUT2D eigenvalue weighted by Crippen LogP contribution is -1.76. The zero-order chi connectivity index (χ0) is 5.54. The number of hydrogen-bond acceptors (Lipinski definition) is 3. The Bertz CT molecular complexity index is 56.7. The summed E-state index contributed by atoms with van der Waals surface area (Å²) in [7, 11) is 3.33. The molecule has 0 radical (unpaired) electrons. The van der Waals surface area contributed by atoms with Crippen molar-refractivity contribution >= 4 is 21.8 Å². The highest BCUT2D eigenvalue weighted by Crippen LogP contribution is 2.22. The minimum atomic E-state index is 1.63. The van der Waals surface area contributed by atoms with E-state index in [4.69, 9.17) is 0 Å². The van der Waals surface area contributed by atoms with E-state index in [2.05, 4.69) is 17.9 Å². The maximum absolute atomic E-state index is 3.00. The fraction of sp³-hybridized carbons (Fsp3) is 0. The van der Waals surface area contributed by atoms with Crippen LogP contribution in [0.3, 0.4) is 0 Å². The molecule has 0 aromatic heterocycles. The number of hydrogen-bond donors (Lipinski definition) is 1. The Morgan fingerprint density at radius 1 is 1.43 bits per heavy atom. The van der Waals surface area contributed by atoms with Crippen LogP contribution in [-0.2, 0) is 0 Å². The Labute approximate surface area is 51.8 Å². The molecule has 1 rings (SSSR count). The molecule has 7 heavy (non-hydrogen) atoms. The molecule has 1 heterocycles. The molecule has 0 aromatic rings. The van der Waals surface area contributed by atoms with Gasteiger partial charge in [0.1, 0.15) is 0 Å². The van der Waals surface area contributed by atoms with E-state index in [1.807, 2.05) is 11.6 Å². The maximum Gasteiger partial charge on any atom is 0.0229 e. The van der Waals surface area contributed by atoms with Crippen molar-refractivity contribution in [1.82, 2.24) is 4.72 Å². The predicted octanol–water partition coefficient (Wildman–Crippen LogP) is 2.16. The molecule has 1 nitrogen and oxygen atoms in total. The molecule has 0 fully saturated rings. The minimum absolute atomic E-state index is 1.63. The first kappa shape index (κ1) is 6.98. The lowest BCUT2D eigenvalue weighted by atomic mass is 11.1. The molecule has 40 valence electrons. The van der Waals surface area contributed by atoms with Crippen molar-refractivity contribution in [3.05, 3.63) is 24.8 Å².